The number of aliphatic hydroxyl groups excluding tert-OH is 1. The molecule has 0 saturated heterocycles. The number of hydrogen-bond donors (Lipinski definition) is 3. The van der Waals surface area contributed by atoms with Crippen molar-refractivity contribution in [3.8, 4) is 11.1 Å². The third-order valence-electron chi connectivity index (χ3n) is 3.13. The van der Waals surface area contributed by atoms with Gasteiger partial charge in [-0.3, -0.25) is 0 Å². The number of hydrogen-bond acceptors (Lipinski definition) is 2. The molecule has 18 heavy (non-hydrogen) atoms. The van der Waals surface area contributed by atoms with Crippen LogP contribution in [0.25, 0.3) is 11.1 Å². The summed E-state index contributed by atoms with van der Waals surface area (Å²) in [4.78, 5) is 4.00. The number of nitrogens with two attached hydrogens (primary N) is 2. The fourth-order valence-corrected chi connectivity index (χ4v) is 2.39. The molecule has 1 aliphatic carbocycles. The first-order chi connectivity index (χ1) is 8.66. The van der Waals surface area contributed by atoms with Crippen molar-refractivity contribution in [2.75, 3.05) is 0 Å². The monoisotopic (exact) mass is 239 g/mol. The highest BCUT2D eigenvalue weighted by atomic mass is 16.3. The molecule has 5 N–H and O–H groups in total. The van der Waals surface area contributed by atoms with Gasteiger partial charge in [0.25, 0.3) is 0 Å². The molecule has 2 aromatic rings. The van der Waals surface area contributed by atoms with Gasteiger partial charge in [-0.05, 0) is 34.4 Å². The molecule has 0 heterocycles. The van der Waals surface area contributed by atoms with Crippen molar-refractivity contribution < 1.29 is 5.11 Å². The number of rotatable bonds is 1. The van der Waals surface area contributed by atoms with Crippen LogP contribution in [-0.4, -0.2) is 11.1 Å². The Labute approximate surface area is 105 Å². The average molecular weight is 239 g/mol. The molecular formula is C14H13N3O. The third kappa shape index (κ3) is 1.55. The van der Waals surface area contributed by atoms with E-state index >= 15 is 0 Å². The molecule has 3 rings (SSSR count). The van der Waals surface area contributed by atoms with Crippen molar-refractivity contribution in [3.63, 3.8) is 0 Å². The van der Waals surface area contributed by atoms with E-state index in [1.807, 2.05) is 42.5 Å². The lowest BCUT2D eigenvalue weighted by atomic mass is 10.1. The molecule has 90 valence electrons. The van der Waals surface area contributed by atoms with Crippen LogP contribution in [0.15, 0.2) is 47.5 Å². The first kappa shape index (κ1) is 10.8. The molecule has 4 heteroatoms. The summed E-state index contributed by atoms with van der Waals surface area (Å²) in [6, 6.07) is 13.4. The number of benzene rings is 2. The Balaban J connectivity index is 2.17. The normalized spacial score (nSPS) is 15.9. The van der Waals surface area contributed by atoms with Crippen LogP contribution < -0.4 is 11.5 Å². The van der Waals surface area contributed by atoms with E-state index in [9.17, 15) is 5.11 Å². The molecular weight excluding hydrogens is 226 g/mol. The van der Waals surface area contributed by atoms with E-state index in [2.05, 4.69) is 4.99 Å². The largest absolute Gasteiger partial charge is 0.384 e. The van der Waals surface area contributed by atoms with Gasteiger partial charge in [0.15, 0.2) is 5.96 Å². The number of nitrogens with zero attached hydrogens (tertiary/aromatic N) is 1. The minimum Gasteiger partial charge on any atom is -0.384 e. The molecule has 1 unspecified atom stereocenters. The van der Waals surface area contributed by atoms with Crippen molar-refractivity contribution in [1.29, 1.82) is 0 Å². The molecule has 1 aliphatic rings. The average Bonchev–Trinajstić information content (AvgIpc) is 2.63. The van der Waals surface area contributed by atoms with Crippen LogP contribution in [0.1, 0.15) is 17.2 Å². The molecule has 1 atom stereocenters. The Kier molecular flexibility index (Phi) is 2.31. The fourth-order valence-electron chi connectivity index (χ4n) is 2.39. The quantitative estimate of drug-likeness (QED) is 0.522. The Bertz CT molecular complexity index is 645. The van der Waals surface area contributed by atoms with Crippen LogP contribution in [0, 0.1) is 0 Å². The molecule has 2 aromatic carbocycles. The number of aliphatic imine (C=N–C) groups is 1. The van der Waals surface area contributed by atoms with Gasteiger partial charge in [-0.1, -0.05) is 30.3 Å². The van der Waals surface area contributed by atoms with E-state index < -0.39 is 6.10 Å². The van der Waals surface area contributed by atoms with Gasteiger partial charge < -0.3 is 16.6 Å². The highest BCUT2D eigenvalue weighted by molar-refractivity contribution is 5.82. The van der Waals surface area contributed by atoms with Crippen molar-refractivity contribution >= 4 is 11.6 Å². The predicted octanol–water partition coefficient (Wildman–Crippen LogP) is 1.65. The van der Waals surface area contributed by atoms with Gasteiger partial charge >= 0.3 is 0 Å². The van der Waals surface area contributed by atoms with Crippen LogP contribution in [0.5, 0.6) is 0 Å². The van der Waals surface area contributed by atoms with Crippen molar-refractivity contribution in [1.82, 2.24) is 0 Å². The predicted molar refractivity (Wildman–Crippen MR) is 71.4 cm³/mol. The second-order valence-electron chi connectivity index (χ2n) is 4.30. The van der Waals surface area contributed by atoms with E-state index in [0.29, 0.717) is 5.69 Å². The number of aliphatic hydroxyl groups is 1. The molecule has 0 bridgehead atoms. The zero-order valence-electron chi connectivity index (χ0n) is 9.67. The van der Waals surface area contributed by atoms with Gasteiger partial charge in [-0.2, -0.15) is 0 Å². The van der Waals surface area contributed by atoms with E-state index in [1.54, 1.807) is 0 Å². The summed E-state index contributed by atoms with van der Waals surface area (Å²) < 4.78 is 0. The molecule has 0 spiro atoms. The molecule has 0 radical (unpaired) electrons. The van der Waals surface area contributed by atoms with E-state index in [4.69, 9.17) is 11.5 Å². The maximum absolute atomic E-state index is 10.3. The van der Waals surface area contributed by atoms with Crippen LogP contribution in [0.2, 0.25) is 0 Å². The summed E-state index contributed by atoms with van der Waals surface area (Å²) >= 11 is 0. The Hall–Kier alpha value is -2.33. The standard InChI is InChI=1S/C14H13N3O/c15-14(16)17-8-5-6-10-9-3-1-2-4-11(9)13(18)12(10)7-8/h1-7,13,18H,(H4,15,16,17). The Morgan fingerprint density at radius 3 is 2.50 bits per heavy atom. The molecule has 0 fully saturated rings. The maximum Gasteiger partial charge on any atom is 0.191 e. The van der Waals surface area contributed by atoms with Gasteiger partial charge in [0.2, 0.25) is 0 Å². The zero-order valence-corrected chi connectivity index (χ0v) is 9.67. The minimum atomic E-state index is -0.606. The second kappa shape index (κ2) is 3.85. The minimum absolute atomic E-state index is 0.0138. The molecule has 0 aromatic heterocycles. The molecule has 0 aliphatic heterocycles. The van der Waals surface area contributed by atoms with E-state index in [-0.39, 0.29) is 5.96 Å². The number of fused-ring (bicyclic) bond motifs is 3. The Morgan fingerprint density at radius 2 is 1.72 bits per heavy atom. The van der Waals surface area contributed by atoms with Crippen LogP contribution in [0.3, 0.4) is 0 Å². The second-order valence-corrected chi connectivity index (χ2v) is 4.30. The SMILES string of the molecule is NC(N)=Nc1ccc2c(c1)C(O)c1ccccc1-2. The van der Waals surface area contributed by atoms with Gasteiger partial charge in [-0.15, -0.1) is 0 Å². The summed E-state index contributed by atoms with van der Waals surface area (Å²) in [5.41, 5.74) is 15.2. The fraction of sp³-hybridized carbons (Fsp3) is 0.0714. The lowest BCUT2D eigenvalue weighted by molar-refractivity contribution is 0.225. The van der Waals surface area contributed by atoms with Crippen LogP contribution in [0.4, 0.5) is 5.69 Å². The van der Waals surface area contributed by atoms with Gasteiger partial charge in [0.1, 0.15) is 6.10 Å². The van der Waals surface area contributed by atoms with Crippen LogP contribution in [-0.2, 0) is 0 Å². The van der Waals surface area contributed by atoms with Crippen LogP contribution >= 0.6 is 0 Å². The third-order valence-corrected chi connectivity index (χ3v) is 3.13. The topological polar surface area (TPSA) is 84.6 Å². The molecule has 0 saturated carbocycles. The summed E-state index contributed by atoms with van der Waals surface area (Å²) in [6.07, 6.45) is -0.606. The van der Waals surface area contributed by atoms with E-state index in [0.717, 1.165) is 22.3 Å². The highest BCUT2D eigenvalue weighted by Gasteiger charge is 2.26. The molecule has 4 nitrogen and oxygen atoms in total. The van der Waals surface area contributed by atoms with Gasteiger partial charge in [0, 0.05) is 0 Å². The Morgan fingerprint density at radius 1 is 1.00 bits per heavy atom. The number of guanidine groups is 1. The van der Waals surface area contributed by atoms with Gasteiger partial charge in [-0.25, -0.2) is 4.99 Å². The maximum atomic E-state index is 10.3. The van der Waals surface area contributed by atoms with Crippen molar-refractivity contribution in [2.45, 2.75) is 6.10 Å². The summed E-state index contributed by atoms with van der Waals surface area (Å²) in [6.45, 7) is 0. The smallest absolute Gasteiger partial charge is 0.191 e. The van der Waals surface area contributed by atoms with Crippen molar-refractivity contribution in [2.24, 2.45) is 16.5 Å². The summed E-state index contributed by atoms with van der Waals surface area (Å²) in [5, 5.41) is 10.3. The lowest BCUT2D eigenvalue weighted by Gasteiger charge is -2.05. The first-order valence-corrected chi connectivity index (χ1v) is 5.68. The highest BCUT2D eigenvalue weighted by Crippen LogP contribution is 2.44. The van der Waals surface area contributed by atoms with Crippen molar-refractivity contribution in [3.05, 3.63) is 53.6 Å². The lowest BCUT2D eigenvalue weighted by Crippen LogP contribution is -2.21. The van der Waals surface area contributed by atoms with E-state index in [1.165, 1.54) is 0 Å². The first-order valence-electron chi connectivity index (χ1n) is 5.68. The summed E-state index contributed by atoms with van der Waals surface area (Å²) in [7, 11) is 0. The van der Waals surface area contributed by atoms with Gasteiger partial charge in [0.05, 0.1) is 5.69 Å². The molecule has 0 amide bonds. The zero-order chi connectivity index (χ0) is 12.7. The summed E-state index contributed by atoms with van der Waals surface area (Å²) in [5.74, 6) is 0.0138.